The average Bonchev–Trinajstić information content (AvgIpc) is 2.81. The molecule has 0 radical (unpaired) electrons. The second kappa shape index (κ2) is 6.90. The quantitative estimate of drug-likeness (QED) is 0.778. The Morgan fingerprint density at radius 1 is 1.52 bits per heavy atom. The zero-order valence-electron chi connectivity index (χ0n) is 11.8. The zero-order chi connectivity index (χ0) is 16.1. The Balaban J connectivity index is 2.73. The van der Waals surface area contributed by atoms with Gasteiger partial charge < -0.3 is 19.7 Å². The van der Waals surface area contributed by atoms with E-state index in [9.17, 15) is 23.1 Å². The highest BCUT2D eigenvalue weighted by Gasteiger charge is 2.57. The maximum Gasteiger partial charge on any atom is 0.424 e. The van der Waals surface area contributed by atoms with Crippen LogP contribution in [0.5, 0.6) is 0 Å². The number of nitrogens with zero attached hydrogens (tertiary/aromatic N) is 2. The number of halogens is 3. The second-order valence-electron chi connectivity index (χ2n) is 4.46. The predicted octanol–water partition coefficient (Wildman–Crippen LogP) is 0.713. The highest BCUT2D eigenvalue weighted by Crippen LogP contribution is 2.40. The van der Waals surface area contributed by atoms with Crippen LogP contribution >= 0.6 is 0 Å². The number of carbonyl (C=O) groups is 1. The van der Waals surface area contributed by atoms with Crippen molar-refractivity contribution in [1.29, 1.82) is 0 Å². The molecule has 1 aromatic rings. The molecule has 0 saturated carbocycles. The van der Waals surface area contributed by atoms with Gasteiger partial charge in [0, 0.05) is 39.0 Å². The fourth-order valence-corrected chi connectivity index (χ4v) is 1.77. The molecule has 0 aliphatic carbocycles. The van der Waals surface area contributed by atoms with Crippen molar-refractivity contribution in [1.82, 2.24) is 14.9 Å². The zero-order valence-corrected chi connectivity index (χ0v) is 11.8. The molecule has 6 nitrogen and oxygen atoms in total. The maximum absolute atomic E-state index is 13.1. The SMILES string of the molecule is CCOCC(=O)NCCC(O)(c1nccn1C)C(F)(F)F. The molecule has 0 bridgehead atoms. The molecular weight excluding hydrogens is 291 g/mol. The number of rotatable bonds is 7. The highest BCUT2D eigenvalue weighted by molar-refractivity contribution is 5.77. The normalized spacial score (nSPS) is 14.8. The first kappa shape index (κ1) is 17.4. The molecule has 0 saturated heterocycles. The van der Waals surface area contributed by atoms with E-state index >= 15 is 0 Å². The average molecular weight is 309 g/mol. The number of aromatic nitrogens is 2. The van der Waals surface area contributed by atoms with Crippen LogP contribution in [0.15, 0.2) is 12.4 Å². The van der Waals surface area contributed by atoms with E-state index in [4.69, 9.17) is 4.74 Å². The van der Waals surface area contributed by atoms with Crippen LogP contribution in [0.3, 0.4) is 0 Å². The monoisotopic (exact) mass is 309 g/mol. The Bertz CT molecular complexity index is 476. The molecule has 2 N–H and O–H groups in total. The minimum absolute atomic E-state index is 0.233. The van der Waals surface area contributed by atoms with Gasteiger partial charge in [-0.25, -0.2) is 4.98 Å². The number of hydrogen-bond donors (Lipinski definition) is 2. The van der Waals surface area contributed by atoms with Crippen LogP contribution in [0.2, 0.25) is 0 Å². The number of aryl methyl sites for hydroxylation is 1. The van der Waals surface area contributed by atoms with Gasteiger partial charge in [0.2, 0.25) is 11.5 Å². The number of imidazole rings is 1. The highest BCUT2D eigenvalue weighted by atomic mass is 19.4. The summed E-state index contributed by atoms with van der Waals surface area (Å²) in [5.74, 6) is -1.06. The molecule has 0 aliphatic heterocycles. The van der Waals surface area contributed by atoms with Crippen LogP contribution < -0.4 is 5.32 Å². The van der Waals surface area contributed by atoms with Crippen molar-refractivity contribution < 1.29 is 27.8 Å². The fraction of sp³-hybridized carbons (Fsp3) is 0.667. The molecular formula is C12H18F3N3O3. The van der Waals surface area contributed by atoms with Crippen LogP contribution in [0, 0.1) is 0 Å². The molecule has 0 fully saturated rings. The molecule has 1 atom stereocenters. The van der Waals surface area contributed by atoms with Crippen molar-refractivity contribution in [2.24, 2.45) is 7.05 Å². The van der Waals surface area contributed by atoms with Gasteiger partial charge in [0.05, 0.1) is 0 Å². The van der Waals surface area contributed by atoms with Gasteiger partial charge in [-0.3, -0.25) is 4.79 Å². The molecule has 1 amide bonds. The summed E-state index contributed by atoms with van der Waals surface area (Å²) in [5.41, 5.74) is -3.12. The van der Waals surface area contributed by atoms with E-state index in [1.54, 1.807) is 6.92 Å². The Morgan fingerprint density at radius 2 is 2.19 bits per heavy atom. The van der Waals surface area contributed by atoms with Crippen molar-refractivity contribution in [3.63, 3.8) is 0 Å². The smallest absolute Gasteiger partial charge is 0.374 e. The summed E-state index contributed by atoms with van der Waals surface area (Å²) in [7, 11) is 1.35. The largest absolute Gasteiger partial charge is 0.424 e. The van der Waals surface area contributed by atoms with Crippen molar-refractivity contribution in [3.8, 4) is 0 Å². The van der Waals surface area contributed by atoms with E-state index < -0.39 is 29.9 Å². The van der Waals surface area contributed by atoms with Crippen molar-refractivity contribution in [2.75, 3.05) is 19.8 Å². The molecule has 1 unspecified atom stereocenters. The fourth-order valence-electron chi connectivity index (χ4n) is 1.77. The molecule has 0 aliphatic rings. The molecule has 1 aromatic heterocycles. The van der Waals surface area contributed by atoms with Crippen LogP contribution in [-0.2, 0) is 22.2 Å². The first-order chi connectivity index (χ1) is 9.72. The van der Waals surface area contributed by atoms with Gasteiger partial charge in [0.1, 0.15) is 12.4 Å². The van der Waals surface area contributed by atoms with E-state index in [2.05, 4.69) is 10.3 Å². The van der Waals surface area contributed by atoms with E-state index in [1.807, 2.05) is 0 Å². The molecule has 9 heteroatoms. The Labute approximate surface area is 119 Å². The standard InChI is InChI=1S/C12H18F3N3O3/c1-3-21-8-9(19)16-5-4-11(20,12(13,14)15)10-17-6-7-18(10)2/h6-7,20H,3-5,8H2,1-2H3,(H,16,19). The van der Waals surface area contributed by atoms with Gasteiger partial charge >= 0.3 is 6.18 Å². The number of alkyl halides is 3. The third-order valence-corrected chi connectivity index (χ3v) is 2.91. The molecule has 0 spiro atoms. The summed E-state index contributed by atoms with van der Waals surface area (Å²) in [6, 6.07) is 0. The van der Waals surface area contributed by atoms with Crippen LogP contribution in [-0.4, -0.2) is 46.5 Å². The lowest BCUT2D eigenvalue weighted by Crippen LogP contribution is -2.47. The maximum atomic E-state index is 13.1. The van der Waals surface area contributed by atoms with Gasteiger partial charge in [-0.05, 0) is 6.92 Å². The second-order valence-corrected chi connectivity index (χ2v) is 4.46. The van der Waals surface area contributed by atoms with Crippen LogP contribution in [0.25, 0.3) is 0 Å². The Morgan fingerprint density at radius 3 is 2.67 bits per heavy atom. The lowest BCUT2D eigenvalue weighted by molar-refractivity contribution is -0.272. The Kier molecular flexibility index (Phi) is 5.73. The number of ether oxygens (including phenoxy) is 1. The van der Waals surface area contributed by atoms with E-state index in [-0.39, 0.29) is 13.2 Å². The summed E-state index contributed by atoms with van der Waals surface area (Å²) >= 11 is 0. The van der Waals surface area contributed by atoms with Crippen molar-refractivity contribution in [3.05, 3.63) is 18.2 Å². The van der Waals surface area contributed by atoms with Crippen molar-refractivity contribution in [2.45, 2.75) is 25.1 Å². The number of amides is 1. The minimum atomic E-state index is -4.91. The predicted molar refractivity (Wildman–Crippen MR) is 67.3 cm³/mol. The van der Waals surface area contributed by atoms with E-state index in [0.717, 1.165) is 4.57 Å². The number of carbonyl (C=O) groups excluding carboxylic acids is 1. The van der Waals surface area contributed by atoms with Gasteiger partial charge in [0.15, 0.2) is 0 Å². The van der Waals surface area contributed by atoms with Crippen LogP contribution in [0.1, 0.15) is 19.2 Å². The lowest BCUT2D eigenvalue weighted by atomic mass is 9.97. The summed E-state index contributed by atoms with van der Waals surface area (Å²) < 4.78 is 45.3. The number of hydrogen-bond acceptors (Lipinski definition) is 4. The van der Waals surface area contributed by atoms with Crippen LogP contribution in [0.4, 0.5) is 13.2 Å². The molecule has 1 heterocycles. The third kappa shape index (κ3) is 4.18. The first-order valence-corrected chi connectivity index (χ1v) is 6.33. The van der Waals surface area contributed by atoms with E-state index in [1.165, 1.54) is 19.4 Å². The Hall–Kier alpha value is -1.61. The minimum Gasteiger partial charge on any atom is -0.374 e. The summed E-state index contributed by atoms with van der Waals surface area (Å²) in [6.07, 6.45) is -3.17. The number of aliphatic hydroxyl groups is 1. The van der Waals surface area contributed by atoms with Crippen molar-refractivity contribution >= 4 is 5.91 Å². The summed E-state index contributed by atoms with van der Waals surface area (Å²) in [6.45, 7) is 1.43. The van der Waals surface area contributed by atoms with Gasteiger partial charge in [-0.15, -0.1) is 0 Å². The van der Waals surface area contributed by atoms with Gasteiger partial charge in [0.25, 0.3) is 0 Å². The lowest BCUT2D eigenvalue weighted by Gasteiger charge is -2.29. The summed E-state index contributed by atoms with van der Waals surface area (Å²) in [5, 5.41) is 12.3. The molecule has 21 heavy (non-hydrogen) atoms. The molecule has 0 aromatic carbocycles. The first-order valence-electron chi connectivity index (χ1n) is 6.33. The molecule has 120 valence electrons. The number of nitrogens with one attached hydrogen (secondary N) is 1. The topological polar surface area (TPSA) is 76.4 Å². The van der Waals surface area contributed by atoms with E-state index in [0.29, 0.717) is 6.61 Å². The van der Waals surface area contributed by atoms with Gasteiger partial charge in [-0.2, -0.15) is 13.2 Å². The van der Waals surface area contributed by atoms with Gasteiger partial charge in [-0.1, -0.05) is 0 Å². The summed E-state index contributed by atoms with van der Waals surface area (Å²) in [4.78, 5) is 14.8. The third-order valence-electron chi connectivity index (χ3n) is 2.91. The molecule has 1 rings (SSSR count).